The number of benzene rings is 1. The fraction of sp³-hybridized carbons (Fsp3) is 0.406. The molecule has 40 heavy (non-hydrogen) atoms. The highest BCUT2D eigenvalue weighted by Crippen LogP contribution is 2.26. The molecule has 0 radical (unpaired) electrons. The fourth-order valence-corrected chi connectivity index (χ4v) is 4.27. The second kappa shape index (κ2) is 16.7. The zero-order valence-electron chi connectivity index (χ0n) is 24.1. The first-order valence-electron chi connectivity index (χ1n) is 13.4. The molecule has 0 amide bonds. The molecule has 1 atom stereocenters. The lowest BCUT2D eigenvalue weighted by atomic mass is 10.0. The number of hydrogen-bond acceptors (Lipinski definition) is 4. The van der Waals surface area contributed by atoms with Crippen molar-refractivity contribution in [1.82, 2.24) is 4.98 Å². The van der Waals surface area contributed by atoms with E-state index in [0.29, 0.717) is 22.8 Å². The average molecular weight is 571 g/mol. The average Bonchev–Trinajstić information content (AvgIpc) is 2.91. The Hall–Kier alpha value is -3.34. The number of halogens is 3. The van der Waals surface area contributed by atoms with Crippen molar-refractivity contribution in [1.29, 1.82) is 0 Å². The number of hydrogen-bond donors (Lipinski definition) is 1. The first-order valence-corrected chi connectivity index (χ1v) is 13.8. The molecule has 1 N–H and O–H groups in total. The number of aliphatic hydroxyl groups is 1. The Morgan fingerprint density at radius 2 is 1.98 bits per heavy atom. The maximum Gasteiger partial charge on any atom is 0.387 e. The minimum atomic E-state index is -2.96. The van der Waals surface area contributed by atoms with Crippen molar-refractivity contribution < 1.29 is 23.2 Å². The lowest BCUT2D eigenvalue weighted by molar-refractivity contribution is -0.541. The van der Waals surface area contributed by atoms with Gasteiger partial charge in [-0.15, -0.1) is 0 Å². The van der Waals surface area contributed by atoms with Crippen LogP contribution in [-0.4, -0.2) is 52.4 Å². The van der Waals surface area contributed by atoms with Crippen molar-refractivity contribution >= 4 is 29.1 Å². The van der Waals surface area contributed by atoms with Gasteiger partial charge >= 0.3 is 6.61 Å². The van der Waals surface area contributed by atoms with Crippen molar-refractivity contribution in [3.05, 3.63) is 75.6 Å². The van der Waals surface area contributed by atoms with E-state index in [4.69, 9.17) is 26.3 Å². The molecule has 0 saturated heterocycles. The molecular formula is C32H39ClF2N3O2+. The number of aliphatic hydroxyl groups excluding tert-OH is 1. The van der Waals surface area contributed by atoms with Gasteiger partial charge in [-0.1, -0.05) is 48.9 Å². The lowest BCUT2D eigenvalue weighted by Crippen LogP contribution is -2.26. The molecule has 8 heteroatoms. The molecule has 0 aliphatic carbocycles. The minimum Gasteiger partial charge on any atom is -0.434 e. The van der Waals surface area contributed by atoms with Gasteiger partial charge in [-0.05, 0) is 70.0 Å². The molecule has 0 fully saturated rings. The molecule has 0 bridgehead atoms. The van der Waals surface area contributed by atoms with Crippen LogP contribution in [-0.2, 0) is 6.54 Å². The molecular weight excluding hydrogens is 532 g/mol. The zero-order chi connectivity index (χ0) is 29.7. The van der Waals surface area contributed by atoms with Gasteiger partial charge in [0, 0.05) is 29.4 Å². The molecule has 2 rings (SSSR count). The van der Waals surface area contributed by atoms with Gasteiger partial charge in [0.25, 0.3) is 0 Å². The molecule has 1 aromatic heterocycles. The van der Waals surface area contributed by atoms with Gasteiger partial charge in [-0.2, -0.15) is 8.78 Å². The maximum absolute atomic E-state index is 13.0. The van der Waals surface area contributed by atoms with Crippen molar-refractivity contribution in [3.8, 4) is 17.6 Å². The molecule has 214 valence electrons. The molecule has 5 nitrogen and oxygen atoms in total. The molecule has 2 aromatic rings. The van der Waals surface area contributed by atoms with Gasteiger partial charge in [0.05, 0.1) is 22.9 Å². The van der Waals surface area contributed by atoms with Crippen LogP contribution in [0.2, 0.25) is 5.02 Å². The van der Waals surface area contributed by atoms with Gasteiger partial charge in [0.1, 0.15) is 18.9 Å². The number of aliphatic imine (C=N–C) groups is 1. The fourth-order valence-electron chi connectivity index (χ4n) is 4.08. The van der Waals surface area contributed by atoms with E-state index in [1.165, 1.54) is 12.1 Å². The summed E-state index contributed by atoms with van der Waals surface area (Å²) in [7, 11) is 0. The third-order valence-corrected chi connectivity index (χ3v) is 6.48. The Labute approximate surface area is 242 Å². The van der Waals surface area contributed by atoms with Crippen LogP contribution in [0.15, 0.2) is 53.2 Å². The Morgan fingerprint density at radius 3 is 2.55 bits per heavy atom. The zero-order valence-corrected chi connectivity index (χ0v) is 24.9. The standard InChI is InChI=1S/C32H39ClF2N3O2/c1-7-10-11-12-13-26(8-2)36-18-27(22(4)5)29-16-23(6)28(19-37-29)30(21-39)38(9-3)20-24-17-25(33)14-15-31(24)40-32(34)35/h12-19,26,32,39H,7-9,20-21H2,1-6H3/q+1/b13-12-,36-18?. The number of aromatic nitrogens is 1. The molecule has 0 spiro atoms. The van der Waals surface area contributed by atoms with E-state index in [9.17, 15) is 13.9 Å². The summed E-state index contributed by atoms with van der Waals surface area (Å²) in [6, 6.07) is 6.52. The first-order chi connectivity index (χ1) is 19.1. The van der Waals surface area contributed by atoms with Crippen molar-refractivity contribution in [2.75, 3.05) is 13.2 Å². The van der Waals surface area contributed by atoms with Crippen LogP contribution in [0.3, 0.4) is 0 Å². The molecule has 0 aliphatic heterocycles. The summed E-state index contributed by atoms with van der Waals surface area (Å²) >= 11 is 6.15. The number of pyridine rings is 1. The van der Waals surface area contributed by atoms with E-state index in [1.807, 2.05) is 63.6 Å². The predicted molar refractivity (Wildman–Crippen MR) is 161 cm³/mol. The molecule has 1 aromatic carbocycles. The third-order valence-electron chi connectivity index (χ3n) is 6.24. The van der Waals surface area contributed by atoms with Crippen molar-refractivity contribution in [3.63, 3.8) is 0 Å². The highest BCUT2D eigenvalue weighted by atomic mass is 35.5. The smallest absolute Gasteiger partial charge is 0.387 e. The Balaban J connectivity index is 2.46. The summed E-state index contributed by atoms with van der Waals surface area (Å²) in [5.41, 5.74) is 5.56. The van der Waals surface area contributed by atoms with Gasteiger partial charge in [0.15, 0.2) is 6.54 Å². The number of nitrogens with zero attached hydrogens (tertiary/aromatic N) is 3. The second-order valence-corrected chi connectivity index (χ2v) is 9.77. The Kier molecular flexibility index (Phi) is 13.7. The predicted octanol–water partition coefficient (Wildman–Crippen LogP) is 7.27. The maximum atomic E-state index is 13.0. The monoisotopic (exact) mass is 570 g/mol. The number of aryl methyl sites for hydroxylation is 1. The van der Waals surface area contributed by atoms with Crippen LogP contribution in [0.25, 0.3) is 5.57 Å². The molecule has 1 heterocycles. The number of allylic oxidation sites excluding steroid dienone is 3. The molecule has 0 aliphatic rings. The van der Waals surface area contributed by atoms with Gasteiger partial charge in [-0.25, -0.2) is 4.58 Å². The van der Waals surface area contributed by atoms with E-state index in [0.717, 1.165) is 40.8 Å². The molecule has 1 unspecified atom stereocenters. The quantitative estimate of drug-likeness (QED) is 0.166. The first kappa shape index (κ1) is 32.9. The summed E-state index contributed by atoms with van der Waals surface area (Å²) in [4.78, 5) is 9.48. The number of rotatable bonds is 12. The lowest BCUT2D eigenvalue weighted by Gasteiger charge is -2.14. The van der Waals surface area contributed by atoms with Crippen LogP contribution < -0.4 is 4.74 Å². The van der Waals surface area contributed by atoms with Crippen LogP contribution in [0.4, 0.5) is 8.78 Å². The summed E-state index contributed by atoms with van der Waals surface area (Å²) in [5.74, 6) is 6.09. The van der Waals surface area contributed by atoms with E-state index >= 15 is 0 Å². The summed E-state index contributed by atoms with van der Waals surface area (Å²) in [5, 5.41) is 10.8. The number of ether oxygens (including phenoxy) is 1. The van der Waals surface area contributed by atoms with E-state index in [2.05, 4.69) is 18.8 Å². The van der Waals surface area contributed by atoms with Crippen LogP contribution in [0.5, 0.6) is 5.75 Å². The van der Waals surface area contributed by atoms with E-state index < -0.39 is 6.61 Å². The van der Waals surface area contributed by atoms with Gasteiger partial charge < -0.3 is 9.84 Å². The number of alkyl halides is 2. The summed E-state index contributed by atoms with van der Waals surface area (Å²) in [6.45, 7) is 9.53. The Bertz CT molecular complexity index is 1330. The largest absolute Gasteiger partial charge is 0.434 e. The highest BCUT2D eigenvalue weighted by molar-refractivity contribution is 6.30. The topological polar surface area (TPSA) is 57.7 Å². The van der Waals surface area contributed by atoms with Crippen molar-refractivity contribution in [2.45, 2.75) is 73.6 Å². The second-order valence-electron chi connectivity index (χ2n) is 9.34. The van der Waals surface area contributed by atoms with Crippen LogP contribution >= 0.6 is 11.6 Å². The third kappa shape index (κ3) is 9.69. The summed E-state index contributed by atoms with van der Waals surface area (Å²) in [6.07, 6.45) is 9.12. The van der Waals surface area contributed by atoms with Gasteiger partial charge in [-0.3, -0.25) is 9.98 Å². The molecule has 0 saturated carbocycles. The summed E-state index contributed by atoms with van der Waals surface area (Å²) < 4.78 is 32.6. The highest BCUT2D eigenvalue weighted by Gasteiger charge is 2.22. The SMILES string of the molecule is CCC#C/C=C\C(CC)N=CC(=C(C)C)c1cc(C)c(C(CO)=[N+](CC)Cc2cc(Cl)ccc2OC(F)F)cn1. The van der Waals surface area contributed by atoms with E-state index in [1.54, 1.807) is 12.3 Å². The van der Waals surface area contributed by atoms with Crippen molar-refractivity contribution in [2.24, 2.45) is 4.99 Å². The normalized spacial score (nSPS) is 12.9. The van der Waals surface area contributed by atoms with Gasteiger partial charge in [0.2, 0.25) is 5.71 Å². The Morgan fingerprint density at radius 1 is 1.23 bits per heavy atom. The minimum absolute atomic E-state index is 0.0127. The van der Waals surface area contributed by atoms with Crippen LogP contribution in [0.1, 0.15) is 69.8 Å². The van der Waals surface area contributed by atoms with Crippen LogP contribution in [0, 0.1) is 18.8 Å². The van der Waals surface area contributed by atoms with E-state index in [-0.39, 0.29) is 24.9 Å².